The molecule has 1 heterocycles. The lowest BCUT2D eigenvalue weighted by Crippen LogP contribution is -1.99. The zero-order valence-corrected chi connectivity index (χ0v) is 10.6. The topological polar surface area (TPSA) is 39.2 Å². The number of para-hydroxylation sites is 1. The number of benzene rings is 1. The second-order valence-corrected chi connectivity index (χ2v) is 4.10. The van der Waals surface area contributed by atoms with Gasteiger partial charge in [-0.1, -0.05) is 30.7 Å². The maximum absolute atomic E-state index is 11.4. The first kappa shape index (κ1) is 12.6. The molecule has 0 spiro atoms. The Morgan fingerprint density at radius 2 is 2.06 bits per heavy atom. The predicted molar refractivity (Wildman–Crippen MR) is 70.4 cm³/mol. The van der Waals surface area contributed by atoms with E-state index in [1.807, 2.05) is 12.1 Å². The number of Topliss-reactive ketones (excluding diaryl/α,β-unsaturated/α-hetero) is 1. The van der Waals surface area contributed by atoms with Crippen molar-refractivity contribution < 1.29 is 9.53 Å². The van der Waals surface area contributed by atoms with Crippen LogP contribution in [0.4, 0.5) is 0 Å². The first-order chi connectivity index (χ1) is 8.70. The summed E-state index contributed by atoms with van der Waals surface area (Å²) in [7, 11) is 0. The van der Waals surface area contributed by atoms with Gasteiger partial charge in [-0.05, 0) is 24.3 Å². The van der Waals surface area contributed by atoms with Crippen molar-refractivity contribution >= 4 is 17.4 Å². The maximum Gasteiger partial charge on any atom is 0.180 e. The quantitative estimate of drug-likeness (QED) is 0.777. The van der Waals surface area contributed by atoms with Crippen molar-refractivity contribution in [1.82, 2.24) is 4.98 Å². The summed E-state index contributed by atoms with van der Waals surface area (Å²) in [6.45, 7) is 1.80. The van der Waals surface area contributed by atoms with E-state index in [-0.39, 0.29) is 5.78 Å². The number of carbonyl (C=O) groups is 1. The van der Waals surface area contributed by atoms with Crippen molar-refractivity contribution in [3.63, 3.8) is 0 Å². The summed E-state index contributed by atoms with van der Waals surface area (Å²) < 4.78 is 5.57. The second kappa shape index (κ2) is 5.65. The molecule has 0 saturated carbocycles. The zero-order chi connectivity index (χ0) is 13.0. The molecule has 0 saturated heterocycles. The van der Waals surface area contributed by atoms with E-state index in [2.05, 4.69) is 4.98 Å². The molecule has 0 N–H and O–H groups in total. The Labute approximate surface area is 110 Å². The summed E-state index contributed by atoms with van der Waals surface area (Å²) >= 11 is 5.98. The minimum atomic E-state index is 0.0132. The number of rotatable bonds is 4. The van der Waals surface area contributed by atoms with Crippen LogP contribution in [0.5, 0.6) is 11.5 Å². The molecule has 0 aliphatic rings. The zero-order valence-electron chi connectivity index (χ0n) is 9.89. The van der Waals surface area contributed by atoms with E-state index >= 15 is 0 Å². The van der Waals surface area contributed by atoms with Gasteiger partial charge in [0, 0.05) is 6.42 Å². The molecule has 3 nitrogen and oxygen atoms in total. The van der Waals surface area contributed by atoms with Crippen molar-refractivity contribution in [3.05, 3.63) is 53.3 Å². The van der Waals surface area contributed by atoms with E-state index in [1.54, 1.807) is 31.2 Å². The molecule has 4 heteroatoms. The number of ketones is 1. The summed E-state index contributed by atoms with van der Waals surface area (Å²) in [5, 5.41) is 0.534. The highest BCUT2D eigenvalue weighted by molar-refractivity contribution is 6.32. The Balaban J connectivity index is 2.16. The molecule has 0 unspecified atom stereocenters. The van der Waals surface area contributed by atoms with Crippen LogP contribution < -0.4 is 4.74 Å². The highest BCUT2D eigenvalue weighted by Crippen LogP contribution is 2.28. The number of aromatic nitrogens is 1. The minimum absolute atomic E-state index is 0.0132. The van der Waals surface area contributed by atoms with Gasteiger partial charge in [0.05, 0.1) is 11.2 Å². The van der Waals surface area contributed by atoms with Crippen molar-refractivity contribution in [3.8, 4) is 11.5 Å². The molecule has 0 aliphatic heterocycles. The number of carbonyl (C=O) groups excluding carboxylic acids is 1. The lowest BCUT2D eigenvalue weighted by Gasteiger charge is -2.07. The van der Waals surface area contributed by atoms with Gasteiger partial charge in [0.25, 0.3) is 0 Å². The molecule has 18 heavy (non-hydrogen) atoms. The van der Waals surface area contributed by atoms with Gasteiger partial charge in [-0.2, -0.15) is 0 Å². The maximum atomic E-state index is 11.4. The second-order valence-electron chi connectivity index (χ2n) is 3.69. The SMILES string of the molecule is CCC(=O)c1ccc(Oc2ccccc2Cl)cn1. The molecule has 0 amide bonds. The summed E-state index contributed by atoms with van der Waals surface area (Å²) in [6, 6.07) is 10.5. The van der Waals surface area contributed by atoms with E-state index < -0.39 is 0 Å². The van der Waals surface area contributed by atoms with Gasteiger partial charge in [0.1, 0.15) is 17.2 Å². The lowest BCUT2D eigenvalue weighted by atomic mass is 10.2. The first-order valence-corrected chi connectivity index (χ1v) is 6.00. The predicted octanol–water partition coefficient (Wildman–Crippen LogP) is 4.12. The number of nitrogens with zero attached hydrogens (tertiary/aromatic N) is 1. The summed E-state index contributed by atoms with van der Waals surface area (Å²) in [5.41, 5.74) is 0.448. The normalized spacial score (nSPS) is 10.1. The van der Waals surface area contributed by atoms with E-state index in [0.717, 1.165) is 0 Å². The van der Waals surface area contributed by atoms with Crippen LogP contribution in [0.2, 0.25) is 5.02 Å². The Morgan fingerprint density at radius 1 is 1.28 bits per heavy atom. The molecule has 2 rings (SSSR count). The molecule has 92 valence electrons. The highest BCUT2D eigenvalue weighted by Gasteiger charge is 2.06. The van der Waals surface area contributed by atoms with Gasteiger partial charge in [-0.15, -0.1) is 0 Å². The molecular weight excluding hydrogens is 250 g/mol. The van der Waals surface area contributed by atoms with Crippen molar-refractivity contribution in [2.75, 3.05) is 0 Å². The molecular formula is C14H12ClNO2. The molecule has 1 aromatic heterocycles. The third-order valence-corrected chi connectivity index (χ3v) is 2.72. The van der Waals surface area contributed by atoms with Crippen molar-refractivity contribution in [1.29, 1.82) is 0 Å². The standard InChI is InChI=1S/C14H12ClNO2/c1-2-13(17)12-8-7-10(9-16-12)18-14-6-4-3-5-11(14)15/h3-9H,2H2,1H3. The van der Waals surface area contributed by atoms with E-state index in [9.17, 15) is 4.79 Å². The lowest BCUT2D eigenvalue weighted by molar-refractivity contribution is 0.0983. The Kier molecular flexibility index (Phi) is 3.95. The fourth-order valence-corrected chi connectivity index (χ4v) is 1.62. The fourth-order valence-electron chi connectivity index (χ4n) is 1.44. The van der Waals surface area contributed by atoms with Crippen LogP contribution in [-0.2, 0) is 0 Å². The number of hydrogen-bond donors (Lipinski definition) is 0. The van der Waals surface area contributed by atoms with Gasteiger partial charge >= 0.3 is 0 Å². The van der Waals surface area contributed by atoms with Gasteiger partial charge in [0.2, 0.25) is 0 Å². The molecule has 0 aliphatic carbocycles. The molecule has 2 aromatic rings. The number of hydrogen-bond acceptors (Lipinski definition) is 3. The highest BCUT2D eigenvalue weighted by atomic mass is 35.5. The van der Waals surface area contributed by atoms with E-state index in [1.165, 1.54) is 6.20 Å². The van der Waals surface area contributed by atoms with Crippen LogP contribution in [0.1, 0.15) is 23.8 Å². The Bertz CT molecular complexity index is 552. The largest absolute Gasteiger partial charge is 0.454 e. The van der Waals surface area contributed by atoms with Crippen LogP contribution in [0.25, 0.3) is 0 Å². The van der Waals surface area contributed by atoms with Crippen LogP contribution in [-0.4, -0.2) is 10.8 Å². The number of pyridine rings is 1. The van der Waals surface area contributed by atoms with Crippen LogP contribution in [0.3, 0.4) is 0 Å². The molecule has 0 radical (unpaired) electrons. The van der Waals surface area contributed by atoms with Crippen LogP contribution in [0, 0.1) is 0 Å². The number of halogens is 1. The van der Waals surface area contributed by atoms with Gasteiger partial charge in [0.15, 0.2) is 5.78 Å². The van der Waals surface area contributed by atoms with Crippen molar-refractivity contribution in [2.24, 2.45) is 0 Å². The molecule has 1 aromatic carbocycles. The summed E-state index contributed by atoms with van der Waals surface area (Å²) in [5.74, 6) is 1.13. The summed E-state index contributed by atoms with van der Waals surface area (Å²) in [6.07, 6.45) is 1.96. The smallest absolute Gasteiger partial charge is 0.180 e. The molecule has 0 fully saturated rings. The Morgan fingerprint density at radius 3 is 2.67 bits per heavy atom. The van der Waals surface area contributed by atoms with Crippen LogP contribution in [0.15, 0.2) is 42.6 Å². The first-order valence-electron chi connectivity index (χ1n) is 5.62. The van der Waals surface area contributed by atoms with Gasteiger partial charge in [-0.25, -0.2) is 4.98 Å². The van der Waals surface area contributed by atoms with Gasteiger partial charge in [-0.3, -0.25) is 4.79 Å². The fraction of sp³-hybridized carbons (Fsp3) is 0.143. The van der Waals surface area contributed by atoms with Crippen LogP contribution >= 0.6 is 11.6 Å². The summed E-state index contributed by atoms with van der Waals surface area (Å²) in [4.78, 5) is 15.5. The van der Waals surface area contributed by atoms with Gasteiger partial charge < -0.3 is 4.74 Å². The molecule has 0 atom stereocenters. The third kappa shape index (κ3) is 2.87. The van der Waals surface area contributed by atoms with E-state index in [4.69, 9.17) is 16.3 Å². The third-order valence-electron chi connectivity index (χ3n) is 2.41. The number of ether oxygens (including phenoxy) is 1. The average molecular weight is 262 g/mol. The van der Waals surface area contributed by atoms with E-state index in [0.29, 0.717) is 28.6 Å². The Hall–Kier alpha value is -1.87. The van der Waals surface area contributed by atoms with Crippen molar-refractivity contribution in [2.45, 2.75) is 13.3 Å². The average Bonchev–Trinajstić information content (AvgIpc) is 2.41. The molecule has 0 bridgehead atoms. The minimum Gasteiger partial charge on any atom is -0.454 e. The monoisotopic (exact) mass is 261 g/mol.